The Kier molecular flexibility index (Phi) is 14.7. The Morgan fingerprint density at radius 3 is 1.41 bits per heavy atom. The zero-order chi connectivity index (χ0) is 72.4. The maximum atomic E-state index is 7.42. The summed E-state index contributed by atoms with van der Waals surface area (Å²) in [5.41, 5.74) is 26.8. The fourth-order valence-corrected chi connectivity index (χ4v) is 19.6. The fourth-order valence-electron chi connectivity index (χ4n) is 19.6. The molecule has 0 amide bonds. The largest absolute Gasteiger partial charge is 0.456 e. The molecule has 110 heavy (non-hydrogen) atoms. The van der Waals surface area contributed by atoms with E-state index in [1.54, 1.807) is 0 Å². The normalized spacial score (nSPS) is 19.0. The second kappa shape index (κ2) is 25.5. The minimum atomic E-state index is -0.678. The van der Waals surface area contributed by atoms with Gasteiger partial charge in [0.15, 0.2) is 11.6 Å². The summed E-state index contributed by atoms with van der Waals surface area (Å²) >= 11 is 0. The van der Waals surface area contributed by atoms with Gasteiger partial charge < -0.3 is 9.47 Å². The number of rotatable bonds is 10. The Bertz CT molecular complexity index is 6530. The van der Waals surface area contributed by atoms with Gasteiger partial charge in [0.25, 0.3) is 0 Å². The molecule has 0 N–H and O–H groups in total. The molecule has 2 spiro atoms. The first-order valence-electron chi connectivity index (χ1n) is 38.4. The Hall–Kier alpha value is -13.7. The van der Waals surface area contributed by atoms with Crippen molar-refractivity contribution in [2.45, 2.75) is 35.5 Å². The molecule has 6 unspecified atom stereocenters. The van der Waals surface area contributed by atoms with Gasteiger partial charge in [-0.25, -0.2) is 19.9 Å². The average molecular weight is 1410 g/mol. The minimum absolute atomic E-state index is 0.0403. The van der Waals surface area contributed by atoms with Gasteiger partial charge in [-0.05, 0) is 128 Å². The van der Waals surface area contributed by atoms with Crippen LogP contribution in [0.25, 0.3) is 118 Å². The molecule has 0 saturated carbocycles. The topological polar surface area (TPSA) is 70.0 Å². The molecule has 0 saturated heterocycles. The van der Waals surface area contributed by atoms with Crippen molar-refractivity contribution < 1.29 is 9.47 Å². The van der Waals surface area contributed by atoms with Gasteiger partial charge in [0.1, 0.15) is 23.0 Å². The van der Waals surface area contributed by atoms with Crippen LogP contribution in [0.3, 0.4) is 0 Å². The summed E-state index contributed by atoms with van der Waals surface area (Å²) in [6, 6.07) is 125. The van der Waals surface area contributed by atoms with Crippen molar-refractivity contribution >= 4 is 16.3 Å². The van der Waals surface area contributed by atoms with Crippen LogP contribution >= 0.6 is 0 Å². The van der Waals surface area contributed by atoms with Crippen LogP contribution in [0.15, 0.2) is 376 Å². The van der Waals surface area contributed by atoms with E-state index in [4.69, 9.17) is 29.4 Å². The van der Waals surface area contributed by atoms with Gasteiger partial charge in [0.05, 0.1) is 33.6 Å². The molecule has 2 aliphatic heterocycles. The maximum absolute atomic E-state index is 7.42. The lowest BCUT2D eigenvalue weighted by atomic mass is 9.60. The molecular formula is C104H70N4O2. The highest BCUT2D eigenvalue weighted by Crippen LogP contribution is 2.68. The zero-order valence-electron chi connectivity index (χ0n) is 60.1. The highest BCUT2D eigenvalue weighted by atomic mass is 16.5. The van der Waals surface area contributed by atoms with Gasteiger partial charge in [0.2, 0.25) is 0 Å². The summed E-state index contributed by atoms with van der Waals surface area (Å²) in [5.74, 6) is 5.37. The van der Waals surface area contributed by atoms with E-state index in [-0.39, 0.29) is 11.8 Å². The second-order valence-electron chi connectivity index (χ2n) is 30.0. The van der Waals surface area contributed by atoms with Crippen LogP contribution in [0, 0.1) is 11.8 Å². The first-order chi connectivity index (χ1) is 54.5. The van der Waals surface area contributed by atoms with Crippen molar-refractivity contribution in [3.05, 3.63) is 426 Å². The molecule has 0 radical (unpaired) electrons. The number of aromatic nitrogens is 4. The number of hydrogen-bond acceptors (Lipinski definition) is 6. The highest BCUT2D eigenvalue weighted by molar-refractivity contribution is 5.92. The Labute approximate surface area is 639 Å². The Morgan fingerprint density at radius 2 is 0.736 bits per heavy atom. The predicted octanol–water partition coefficient (Wildman–Crippen LogP) is 25.7. The van der Waals surface area contributed by atoms with E-state index in [2.05, 4.69) is 370 Å². The number of hydrogen-bond donors (Lipinski definition) is 0. The number of allylic oxidation sites excluding steroid dienone is 6. The van der Waals surface area contributed by atoms with Crippen molar-refractivity contribution in [2.75, 3.05) is 0 Å². The van der Waals surface area contributed by atoms with Crippen molar-refractivity contribution in [1.29, 1.82) is 0 Å². The second-order valence-corrected chi connectivity index (χ2v) is 30.0. The lowest BCUT2D eigenvalue weighted by Gasteiger charge is -2.44. The van der Waals surface area contributed by atoms with Crippen LogP contribution in [0.5, 0.6) is 23.0 Å². The quantitative estimate of drug-likeness (QED) is 0.127. The smallest absolute Gasteiger partial charge is 0.160 e. The number of ether oxygens (including phenoxy) is 2. The van der Waals surface area contributed by atoms with E-state index in [0.29, 0.717) is 23.5 Å². The standard InChI is InChI=1S/C104H70N4O2/c1-3-25-65(26-4-1)67-51-54-69(55-52-67)94-64-96(108-102(106-94)76-34-22-32-72(61-76)78-40-23-47-90-99(78)109-97-49-19-17-45-88(97)103(90)85-42-14-11-36-80(85)81-37-12-15-43-86(81)103)84-39-10-9-35-77(84)73-57-58-83-82-38-13-16-44-87(82)104(92(83)62-73)89-46-18-20-50-98(89)110-100-79(41-24-48-91(100)104)71-31-21-33-75(60-71)101-105-93(68-28-5-2-6-29-68)63-95(107-101)74-56-53-66-27-7-8-30-70(66)59-74/h1-14,16-42,44-64,81,83,86,92H,15,43H2. The third kappa shape index (κ3) is 9.95. The average Bonchev–Trinajstić information content (AvgIpc) is 1.50. The summed E-state index contributed by atoms with van der Waals surface area (Å²) in [6.45, 7) is 0. The third-order valence-corrected chi connectivity index (χ3v) is 24.4. The van der Waals surface area contributed by atoms with E-state index in [9.17, 15) is 0 Å². The molecule has 6 nitrogen and oxygen atoms in total. The van der Waals surface area contributed by atoms with E-state index >= 15 is 0 Å². The first kappa shape index (κ1) is 63.6. The molecule has 0 fully saturated rings. The molecule has 6 atom stereocenters. The molecule has 16 aromatic rings. The molecule has 4 aliphatic carbocycles. The highest BCUT2D eigenvalue weighted by Gasteiger charge is 2.59. The number of nitrogens with zero attached hydrogens (tertiary/aromatic N) is 4. The van der Waals surface area contributed by atoms with E-state index in [1.165, 1.54) is 38.8 Å². The van der Waals surface area contributed by atoms with E-state index in [0.717, 1.165) is 153 Å². The molecule has 2 aromatic heterocycles. The lowest BCUT2D eigenvalue weighted by Crippen LogP contribution is -2.38. The molecule has 518 valence electrons. The third-order valence-electron chi connectivity index (χ3n) is 24.4. The van der Waals surface area contributed by atoms with Crippen LogP contribution < -0.4 is 9.47 Å². The summed E-state index contributed by atoms with van der Waals surface area (Å²) in [7, 11) is 0. The van der Waals surface area contributed by atoms with Crippen LogP contribution in [-0.2, 0) is 10.8 Å². The van der Waals surface area contributed by atoms with Crippen LogP contribution in [0.2, 0.25) is 0 Å². The predicted molar refractivity (Wildman–Crippen MR) is 444 cm³/mol. The Balaban J connectivity index is 0.675. The maximum Gasteiger partial charge on any atom is 0.160 e. The molecule has 0 bridgehead atoms. The van der Waals surface area contributed by atoms with Gasteiger partial charge >= 0.3 is 0 Å². The number of benzene rings is 14. The van der Waals surface area contributed by atoms with Crippen molar-refractivity contribution in [3.8, 4) is 124 Å². The zero-order valence-corrected chi connectivity index (χ0v) is 60.1. The molecule has 4 heterocycles. The molecule has 22 rings (SSSR count). The van der Waals surface area contributed by atoms with Crippen molar-refractivity contribution in [2.24, 2.45) is 11.8 Å². The van der Waals surface area contributed by atoms with Crippen LogP contribution in [0.1, 0.15) is 74.7 Å². The van der Waals surface area contributed by atoms with Gasteiger partial charge in [-0.2, -0.15) is 0 Å². The fraction of sp³-hybridized carbons (Fsp3) is 0.0769. The molecule has 6 aliphatic rings. The summed E-state index contributed by atoms with van der Waals surface area (Å²) in [5, 5.41) is 2.35. The number of para-hydroxylation sites is 4. The van der Waals surface area contributed by atoms with Gasteiger partial charge in [0, 0.05) is 84.5 Å². The summed E-state index contributed by atoms with van der Waals surface area (Å²) < 4.78 is 14.7. The van der Waals surface area contributed by atoms with Gasteiger partial charge in [-0.1, -0.05) is 334 Å². The van der Waals surface area contributed by atoms with E-state index < -0.39 is 10.8 Å². The minimum Gasteiger partial charge on any atom is -0.456 e. The first-order valence-corrected chi connectivity index (χ1v) is 38.4. The molecular weight excluding hydrogens is 1340 g/mol. The molecule has 14 aromatic carbocycles. The van der Waals surface area contributed by atoms with Gasteiger partial charge in [-0.3, -0.25) is 0 Å². The van der Waals surface area contributed by atoms with Crippen LogP contribution in [0.4, 0.5) is 0 Å². The summed E-state index contributed by atoms with van der Waals surface area (Å²) in [4.78, 5) is 22.0. The number of fused-ring (bicyclic) bond motifs is 19. The van der Waals surface area contributed by atoms with Crippen molar-refractivity contribution in [1.82, 2.24) is 19.9 Å². The van der Waals surface area contributed by atoms with E-state index in [1.807, 2.05) is 6.07 Å². The summed E-state index contributed by atoms with van der Waals surface area (Å²) in [6.07, 6.45) is 14.4. The monoisotopic (exact) mass is 1410 g/mol. The Morgan fingerprint density at radius 1 is 0.291 bits per heavy atom. The van der Waals surface area contributed by atoms with Crippen molar-refractivity contribution in [3.63, 3.8) is 0 Å². The lowest BCUT2D eigenvalue weighted by molar-refractivity contribution is 0.312. The molecule has 6 heteroatoms. The van der Waals surface area contributed by atoms with Crippen LogP contribution in [-0.4, -0.2) is 19.9 Å². The van der Waals surface area contributed by atoms with Gasteiger partial charge in [-0.15, -0.1) is 0 Å². The SMILES string of the molecule is C1=CC2c3ccccc3C3(c4ccccc4Oc4c(-c5cccc(-c6nc(-c7ccc(-c8ccccc8)cc7)cc(-c7ccccc7C7=CC8C(C=C7)c7ccccc7C87c8ccccc8Oc8c(-c9cccc(-c%10nc(-c%11ccccc%11)cc(-c%11ccc%12ccccc%12c%11)n%10)c9)cccc87)n6)c5)cccc43)C2CC1.